The molecule has 0 spiro atoms. The zero-order chi connectivity index (χ0) is 42.8. The fourth-order valence-electron chi connectivity index (χ4n) is 9.54. The lowest BCUT2D eigenvalue weighted by Gasteiger charge is -2.30. The van der Waals surface area contributed by atoms with Gasteiger partial charge in [0, 0.05) is 78.6 Å². The summed E-state index contributed by atoms with van der Waals surface area (Å²) >= 11 is 0. The van der Waals surface area contributed by atoms with Gasteiger partial charge in [0.15, 0.2) is 0 Å². The van der Waals surface area contributed by atoms with Gasteiger partial charge in [-0.25, -0.2) is 0 Å². The molecule has 0 amide bonds. The van der Waals surface area contributed by atoms with Gasteiger partial charge in [-0.1, -0.05) is 121 Å². The Bertz CT molecular complexity index is 3730. The van der Waals surface area contributed by atoms with E-state index in [-0.39, 0.29) is 0 Å². The highest BCUT2D eigenvalue weighted by Crippen LogP contribution is 2.45. The molecule has 0 aliphatic heterocycles. The molecular formula is C60H38N2O3. The van der Waals surface area contributed by atoms with Crippen molar-refractivity contribution in [2.75, 3.05) is 9.80 Å². The van der Waals surface area contributed by atoms with Crippen molar-refractivity contribution < 1.29 is 13.3 Å². The van der Waals surface area contributed by atoms with Gasteiger partial charge < -0.3 is 23.1 Å². The van der Waals surface area contributed by atoms with Gasteiger partial charge in [0.25, 0.3) is 0 Å². The van der Waals surface area contributed by atoms with Crippen LogP contribution < -0.4 is 9.80 Å². The Labute approximate surface area is 374 Å². The molecule has 65 heavy (non-hydrogen) atoms. The van der Waals surface area contributed by atoms with E-state index < -0.39 is 0 Å². The van der Waals surface area contributed by atoms with Crippen molar-refractivity contribution in [1.29, 1.82) is 0 Å². The number of benzene rings is 10. The number of anilines is 6. The number of fused-ring (bicyclic) bond motifs is 9. The van der Waals surface area contributed by atoms with Crippen molar-refractivity contribution >= 4 is 99.9 Å². The van der Waals surface area contributed by atoms with E-state index in [1.54, 1.807) is 0 Å². The van der Waals surface area contributed by atoms with Crippen molar-refractivity contribution in [2.24, 2.45) is 0 Å². The fourth-order valence-corrected chi connectivity index (χ4v) is 9.54. The molecule has 3 aromatic heterocycles. The minimum Gasteiger partial charge on any atom is -0.456 e. The number of hydrogen-bond donors (Lipinski definition) is 0. The summed E-state index contributed by atoms with van der Waals surface area (Å²) in [7, 11) is 0. The molecule has 3 heterocycles. The predicted octanol–water partition coefficient (Wildman–Crippen LogP) is 17.7. The first-order valence-corrected chi connectivity index (χ1v) is 21.9. The molecule has 306 valence electrons. The molecule has 0 aliphatic rings. The molecule has 5 nitrogen and oxygen atoms in total. The summed E-state index contributed by atoms with van der Waals surface area (Å²) in [5.74, 6) is 0. The Balaban J connectivity index is 1.00. The van der Waals surface area contributed by atoms with E-state index in [9.17, 15) is 0 Å². The third-order valence-corrected chi connectivity index (χ3v) is 12.6. The molecule has 0 fully saturated rings. The Hall–Kier alpha value is -8.80. The Morgan fingerprint density at radius 3 is 1.02 bits per heavy atom. The van der Waals surface area contributed by atoms with Crippen molar-refractivity contribution in [2.45, 2.75) is 0 Å². The van der Waals surface area contributed by atoms with Crippen LogP contribution in [-0.2, 0) is 0 Å². The molecule has 0 radical (unpaired) electrons. The summed E-state index contributed by atoms with van der Waals surface area (Å²) in [5, 5.41) is 6.63. The molecule has 13 aromatic rings. The maximum absolute atomic E-state index is 6.48. The van der Waals surface area contributed by atoms with Gasteiger partial charge in [0.2, 0.25) is 0 Å². The van der Waals surface area contributed by atoms with Gasteiger partial charge in [-0.05, 0) is 119 Å². The van der Waals surface area contributed by atoms with Crippen LogP contribution in [0.3, 0.4) is 0 Å². The Kier molecular flexibility index (Phi) is 8.46. The number of nitrogens with zero attached hydrogens (tertiary/aromatic N) is 2. The lowest BCUT2D eigenvalue weighted by atomic mass is 9.98. The maximum atomic E-state index is 6.48. The van der Waals surface area contributed by atoms with E-state index in [4.69, 9.17) is 13.3 Å². The first-order chi connectivity index (χ1) is 32.2. The average molecular weight is 835 g/mol. The standard InChI is InChI=1S/C60H38N2O3/c1-3-13-43(14-4-1)61(45-28-31-53-50-18-8-11-21-56(50)64-59(53)37-45)47-33-42(40-25-23-39(24-26-40)41-27-30-52-49-17-7-10-20-55(49)63-58(52)35-41)34-48(36-47)62(44-15-5-2-6-16-44)46-29-32-54-51-19-9-12-22-57(51)65-60(54)38-46/h1-38H. The lowest BCUT2D eigenvalue weighted by Crippen LogP contribution is -2.13. The van der Waals surface area contributed by atoms with Gasteiger partial charge in [0.05, 0.1) is 0 Å². The second kappa shape index (κ2) is 14.9. The topological polar surface area (TPSA) is 45.9 Å². The summed E-state index contributed by atoms with van der Waals surface area (Å²) < 4.78 is 19.2. The third kappa shape index (κ3) is 6.32. The van der Waals surface area contributed by atoms with E-state index in [2.05, 4.69) is 204 Å². The molecule has 0 saturated carbocycles. The van der Waals surface area contributed by atoms with E-state index in [1.165, 1.54) is 0 Å². The summed E-state index contributed by atoms with van der Waals surface area (Å²) in [6, 6.07) is 81.1. The largest absolute Gasteiger partial charge is 0.456 e. The fraction of sp³-hybridized carbons (Fsp3) is 0. The quantitative estimate of drug-likeness (QED) is 0.153. The minimum atomic E-state index is 0.836. The van der Waals surface area contributed by atoms with Crippen LogP contribution >= 0.6 is 0 Å². The Morgan fingerprint density at radius 2 is 0.554 bits per heavy atom. The lowest BCUT2D eigenvalue weighted by molar-refractivity contribution is 0.668. The van der Waals surface area contributed by atoms with Crippen LogP contribution in [0, 0.1) is 0 Å². The predicted molar refractivity (Wildman–Crippen MR) is 269 cm³/mol. The van der Waals surface area contributed by atoms with Gasteiger partial charge >= 0.3 is 0 Å². The van der Waals surface area contributed by atoms with Crippen LogP contribution in [0.25, 0.3) is 88.1 Å². The first-order valence-electron chi connectivity index (χ1n) is 21.9. The second-order valence-electron chi connectivity index (χ2n) is 16.5. The number of para-hydroxylation sites is 5. The number of hydrogen-bond acceptors (Lipinski definition) is 5. The molecule has 0 unspecified atom stereocenters. The zero-order valence-electron chi connectivity index (χ0n) is 35.1. The van der Waals surface area contributed by atoms with Gasteiger partial charge in [-0.2, -0.15) is 0 Å². The van der Waals surface area contributed by atoms with E-state index in [0.717, 1.165) is 122 Å². The van der Waals surface area contributed by atoms with Crippen molar-refractivity contribution in [3.8, 4) is 22.3 Å². The van der Waals surface area contributed by atoms with E-state index in [1.807, 2.05) is 36.4 Å². The van der Waals surface area contributed by atoms with Crippen LogP contribution in [0.5, 0.6) is 0 Å². The highest BCUT2D eigenvalue weighted by Gasteiger charge is 2.22. The summed E-state index contributed by atoms with van der Waals surface area (Å²) in [6.07, 6.45) is 0. The molecule has 0 saturated heterocycles. The number of rotatable bonds is 8. The zero-order valence-corrected chi connectivity index (χ0v) is 35.1. The summed E-state index contributed by atoms with van der Waals surface area (Å²) in [4.78, 5) is 4.64. The first kappa shape index (κ1) is 36.8. The SMILES string of the molecule is c1ccc(N(c2cc(-c3ccc(-c4ccc5c(c4)oc4ccccc45)cc3)cc(N(c3ccccc3)c3ccc4c(c3)oc3ccccc34)c2)c2ccc3c(c2)oc2ccccc23)cc1. The van der Waals surface area contributed by atoms with Crippen LogP contribution in [-0.4, -0.2) is 0 Å². The normalized spacial score (nSPS) is 11.7. The summed E-state index contributed by atoms with van der Waals surface area (Å²) in [5.41, 5.74) is 15.6. The summed E-state index contributed by atoms with van der Waals surface area (Å²) in [6.45, 7) is 0. The smallest absolute Gasteiger partial charge is 0.137 e. The highest BCUT2D eigenvalue weighted by molar-refractivity contribution is 6.08. The van der Waals surface area contributed by atoms with Crippen LogP contribution in [0.4, 0.5) is 34.1 Å². The molecule has 0 aliphatic carbocycles. The number of furan rings is 3. The molecule has 0 N–H and O–H groups in total. The van der Waals surface area contributed by atoms with Crippen molar-refractivity contribution in [3.05, 3.63) is 231 Å². The van der Waals surface area contributed by atoms with Crippen LogP contribution in [0.2, 0.25) is 0 Å². The molecule has 0 bridgehead atoms. The van der Waals surface area contributed by atoms with E-state index >= 15 is 0 Å². The van der Waals surface area contributed by atoms with Crippen LogP contribution in [0.1, 0.15) is 0 Å². The van der Waals surface area contributed by atoms with E-state index in [0.29, 0.717) is 0 Å². The van der Waals surface area contributed by atoms with Crippen molar-refractivity contribution in [1.82, 2.24) is 0 Å². The van der Waals surface area contributed by atoms with Gasteiger partial charge in [0.1, 0.15) is 33.5 Å². The van der Waals surface area contributed by atoms with Crippen LogP contribution in [0.15, 0.2) is 244 Å². The molecule has 10 aromatic carbocycles. The van der Waals surface area contributed by atoms with Crippen molar-refractivity contribution in [3.63, 3.8) is 0 Å². The molecule has 13 rings (SSSR count). The molecule has 0 atom stereocenters. The van der Waals surface area contributed by atoms with Gasteiger partial charge in [-0.15, -0.1) is 0 Å². The molecule has 5 heteroatoms. The molecular weight excluding hydrogens is 797 g/mol. The second-order valence-corrected chi connectivity index (χ2v) is 16.5. The maximum Gasteiger partial charge on any atom is 0.137 e. The van der Waals surface area contributed by atoms with Gasteiger partial charge in [-0.3, -0.25) is 0 Å². The minimum absolute atomic E-state index is 0.836. The average Bonchev–Trinajstić information content (AvgIpc) is 4.05. The Morgan fingerprint density at radius 1 is 0.200 bits per heavy atom. The highest BCUT2D eigenvalue weighted by atomic mass is 16.3. The third-order valence-electron chi connectivity index (χ3n) is 12.6. The monoisotopic (exact) mass is 834 g/mol.